The van der Waals surface area contributed by atoms with E-state index in [0.717, 1.165) is 6.07 Å². The Hall–Kier alpha value is -1.66. The van der Waals surface area contributed by atoms with Crippen LogP contribution in [0.5, 0.6) is 0 Å². The standard InChI is InChI=1S/C14H15ClFNO4/c1-20-14(19)12(8-2-3-10(15)11(16)6-8)17-13(18)9-4-5-21-7-9/h2-3,6,9,12H,4-5,7H2,1H3,(H,17,18)/t9-,12-/m1/s1. The van der Waals surface area contributed by atoms with Crippen LogP contribution in [-0.4, -0.2) is 32.2 Å². The molecule has 1 heterocycles. The molecule has 0 bridgehead atoms. The van der Waals surface area contributed by atoms with E-state index >= 15 is 0 Å². The van der Waals surface area contributed by atoms with E-state index in [-0.39, 0.29) is 22.4 Å². The summed E-state index contributed by atoms with van der Waals surface area (Å²) < 4.78 is 23.3. The number of ether oxygens (including phenoxy) is 2. The highest BCUT2D eigenvalue weighted by molar-refractivity contribution is 6.30. The summed E-state index contributed by atoms with van der Waals surface area (Å²) in [6, 6.07) is 2.83. The van der Waals surface area contributed by atoms with Crippen LogP contribution in [0.15, 0.2) is 18.2 Å². The lowest BCUT2D eigenvalue weighted by Crippen LogP contribution is -2.38. The molecule has 2 rings (SSSR count). The predicted molar refractivity (Wildman–Crippen MR) is 73.2 cm³/mol. The van der Waals surface area contributed by atoms with E-state index in [2.05, 4.69) is 10.1 Å². The van der Waals surface area contributed by atoms with Gasteiger partial charge in [0.15, 0.2) is 6.04 Å². The molecule has 0 saturated carbocycles. The van der Waals surface area contributed by atoms with E-state index in [4.69, 9.17) is 16.3 Å². The summed E-state index contributed by atoms with van der Waals surface area (Å²) in [6.45, 7) is 0.825. The van der Waals surface area contributed by atoms with Gasteiger partial charge in [0.2, 0.25) is 5.91 Å². The Morgan fingerprint density at radius 2 is 2.29 bits per heavy atom. The molecule has 1 saturated heterocycles. The molecule has 1 aliphatic rings. The fourth-order valence-corrected chi connectivity index (χ4v) is 2.21. The third-order valence-electron chi connectivity index (χ3n) is 3.30. The van der Waals surface area contributed by atoms with Gasteiger partial charge in [-0.3, -0.25) is 4.79 Å². The zero-order valence-electron chi connectivity index (χ0n) is 11.4. The van der Waals surface area contributed by atoms with Gasteiger partial charge in [-0.2, -0.15) is 0 Å². The molecule has 0 radical (unpaired) electrons. The number of hydrogen-bond acceptors (Lipinski definition) is 4. The molecule has 0 aliphatic carbocycles. The SMILES string of the molecule is COC(=O)[C@H](NC(=O)[C@@H]1CCOC1)c1ccc(Cl)c(F)c1. The molecular weight excluding hydrogens is 301 g/mol. The molecule has 1 aliphatic heterocycles. The number of benzene rings is 1. The second kappa shape index (κ2) is 6.87. The lowest BCUT2D eigenvalue weighted by atomic mass is 10.0. The number of halogens is 2. The molecule has 21 heavy (non-hydrogen) atoms. The summed E-state index contributed by atoms with van der Waals surface area (Å²) in [5, 5.41) is 2.51. The lowest BCUT2D eigenvalue weighted by molar-refractivity contribution is -0.145. The van der Waals surface area contributed by atoms with Crippen molar-refractivity contribution in [3.05, 3.63) is 34.6 Å². The van der Waals surface area contributed by atoms with Crippen LogP contribution in [0.3, 0.4) is 0 Å². The second-order valence-electron chi connectivity index (χ2n) is 4.70. The quantitative estimate of drug-likeness (QED) is 0.861. The van der Waals surface area contributed by atoms with Gasteiger partial charge in [-0.1, -0.05) is 17.7 Å². The predicted octanol–water partition coefficient (Wildman–Crippen LogP) is 1.85. The number of hydrogen-bond donors (Lipinski definition) is 1. The van der Waals surface area contributed by atoms with Gasteiger partial charge >= 0.3 is 5.97 Å². The number of carbonyl (C=O) groups is 2. The summed E-state index contributed by atoms with van der Waals surface area (Å²) in [7, 11) is 1.20. The molecule has 0 spiro atoms. The smallest absolute Gasteiger partial charge is 0.333 e. The van der Waals surface area contributed by atoms with E-state index in [0.29, 0.717) is 19.6 Å². The van der Waals surface area contributed by atoms with E-state index < -0.39 is 17.8 Å². The summed E-state index contributed by atoms with van der Waals surface area (Å²) in [5.41, 5.74) is 0.274. The van der Waals surface area contributed by atoms with Crippen LogP contribution in [-0.2, 0) is 19.1 Å². The van der Waals surface area contributed by atoms with Crippen molar-refractivity contribution in [3.63, 3.8) is 0 Å². The monoisotopic (exact) mass is 315 g/mol. The molecule has 0 aromatic heterocycles. The van der Waals surface area contributed by atoms with Gasteiger partial charge in [-0.15, -0.1) is 0 Å². The third kappa shape index (κ3) is 3.71. The second-order valence-corrected chi connectivity index (χ2v) is 5.11. The minimum absolute atomic E-state index is 0.0575. The van der Waals surface area contributed by atoms with Gasteiger partial charge in [0, 0.05) is 6.61 Å². The van der Waals surface area contributed by atoms with Gasteiger partial charge < -0.3 is 14.8 Å². The first-order valence-corrected chi connectivity index (χ1v) is 6.81. The average molecular weight is 316 g/mol. The molecular formula is C14H15ClFNO4. The minimum atomic E-state index is -1.07. The highest BCUT2D eigenvalue weighted by Gasteiger charge is 2.30. The van der Waals surface area contributed by atoms with E-state index in [1.807, 2.05) is 0 Å². The fraction of sp³-hybridized carbons (Fsp3) is 0.429. The van der Waals surface area contributed by atoms with Crippen molar-refractivity contribution in [2.75, 3.05) is 20.3 Å². The molecule has 1 N–H and O–H groups in total. The summed E-state index contributed by atoms with van der Waals surface area (Å²) in [5.74, 6) is -1.97. The first-order chi connectivity index (χ1) is 10.0. The molecule has 1 aromatic rings. The Morgan fingerprint density at radius 3 is 2.86 bits per heavy atom. The maximum Gasteiger partial charge on any atom is 0.333 e. The summed E-state index contributed by atoms with van der Waals surface area (Å²) >= 11 is 5.61. The van der Waals surface area contributed by atoms with Gasteiger partial charge in [0.1, 0.15) is 5.82 Å². The summed E-state index contributed by atoms with van der Waals surface area (Å²) in [6.07, 6.45) is 0.592. The van der Waals surface area contributed by atoms with Gasteiger partial charge in [-0.25, -0.2) is 9.18 Å². The first-order valence-electron chi connectivity index (χ1n) is 6.44. The van der Waals surface area contributed by atoms with Crippen molar-refractivity contribution in [1.29, 1.82) is 0 Å². The van der Waals surface area contributed by atoms with Crippen LogP contribution in [0.2, 0.25) is 5.02 Å². The highest BCUT2D eigenvalue weighted by atomic mass is 35.5. The Labute approximate surface area is 126 Å². The molecule has 1 fully saturated rings. The van der Waals surface area contributed by atoms with Crippen molar-refractivity contribution in [1.82, 2.24) is 5.32 Å². The molecule has 1 aromatic carbocycles. The normalized spacial score (nSPS) is 19.1. The molecule has 7 heteroatoms. The van der Waals surface area contributed by atoms with Crippen molar-refractivity contribution >= 4 is 23.5 Å². The minimum Gasteiger partial charge on any atom is -0.467 e. The van der Waals surface area contributed by atoms with E-state index in [1.54, 1.807) is 0 Å². The number of methoxy groups -OCH3 is 1. The first kappa shape index (κ1) is 15.7. The number of amides is 1. The largest absolute Gasteiger partial charge is 0.467 e. The maximum atomic E-state index is 13.5. The van der Waals surface area contributed by atoms with Crippen LogP contribution in [0.4, 0.5) is 4.39 Å². The van der Waals surface area contributed by atoms with Crippen LogP contribution in [0.25, 0.3) is 0 Å². The van der Waals surface area contributed by atoms with Crippen LogP contribution in [0, 0.1) is 11.7 Å². The van der Waals surface area contributed by atoms with Crippen molar-refractivity contribution in [3.8, 4) is 0 Å². The topological polar surface area (TPSA) is 64.6 Å². The van der Waals surface area contributed by atoms with Gasteiger partial charge in [0.05, 0.1) is 24.7 Å². The Morgan fingerprint density at radius 1 is 1.52 bits per heavy atom. The Balaban J connectivity index is 2.19. The average Bonchev–Trinajstić information content (AvgIpc) is 3.01. The maximum absolute atomic E-state index is 13.5. The van der Waals surface area contributed by atoms with E-state index in [9.17, 15) is 14.0 Å². The zero-order valence-corrected chi connectivity index (χ0v) is 12.2. The Kier molecular flexibility index (Phi) is 5.14. The summed E-state index contributed by atoms with van der Waals surface area (Å²) in [4.78, 5) is 23.9. The third-order valence-corrected chi connectivity index (χ3v) is 3.61. The van der Waals surface area contributed by atoms with Gasteiger partial charge in [0.25, 0.3) is 0 Å². The molecule has 2 atom stereocenters. The van der Waals surface area contributed by atoms with Crippen molar-refractivity contribution in [2.45, 2.75) is 12.5 Å². The van der Waals surface area contributed by atoms with E-state index in [1.165, 1.54) is 19.2 Å². The number of esters is 1. The molecule has 5 nitrogen and oxygen atoms in total. The zero-order chi connectivity index (χ0) is 15.4. The lowest BCUT2D eigenvalue weighted by Gasteiger charge is -2.19. The van der Waals surface area contributed by atoms with Gasteiger partial charge in [-0.05, 0) is 24.1 Å². The van der Waals surface area contributed by atoms with Crippen LogP contribution in [0.1, 0.15) is 18.0 Å². The number of nitrogens with one attached hydrogen (secondary N) is 1. The fourth-order valence-electron chi connectivity index (χ4n) is 2.09. The van der Waals surface area contributed by atoms with Crippen LogP contribution >= 0.6 is 11.6 Å². The highest BCUT2D eigenvalue weighted by Crippen LogP contribution is 2.22. The molecule has 0 unspecified atom stereocenters. The number of carbonyl (C=O) groups excluding carboxylic acids is 2. The van der Waals surface area contributed by atoms with Crippen LogP contribution < -0.4 is 5.32 Å². The molecule has 1 amide bonds. The van der Waals surface area contributed by atoms with Crippen molar-refractivity contribution < 1.29 is 23.5 Å². The van der Waals surface area contributed by atoms with Crippen molar-refractivity contribution in [2.24, 2.45) is 5.92 Å². The molecule has 114 valence electrons. The number of rotatable bonds is 4. The Bertz CT molecular complexity index is 546.